The van der Waals surface area contributed by atoms with E-state index in [1.165, 1.54) is 4.90 Å². The van der Waals surface area contributed by atoms with Gasteiger partial charge in [-0.25, -0.2) is 0 Å². The van der Waals surface area contributed by atoms with Gasteiger partial charge in [-0.2, -0.15) is 0 Å². The molecular weight excluding hydrogens is 384 g/mol. The first kappa shape index (κ1) is 20.1. The Morgan fingerprint density at radius 2 is 1.87 bits per heavy atom. The predicted molar refractivity (Wildman–Crippen MR) is 111 cm³/mol. The maximum Gasteiger partial charge on any atom is 0.303 e. The molecule has 1 saturated heterocycles. The Balaban J connectivity index is 1.55. The fourth-order valence-corrected chi connectivity index (χ4v) is 4.47. The number of carboxylic acids is 1. The third-order valence-electron chi connectivity index (χ3n) is 5.93. The molecule has 2 aliphatic rings. The lowest BCUT2D eigenvalue weighted by molar-refractivity contribution is -0.137. The van der Waals surface area contributed by atoms with Crippen molar-refractivity contribution in [3.05, 3.63) is 41.5 Å². The van der Waals surface area contributed by atoms with E-state index in [2.05, 4.69) is 5.32 Å². The van der Waals surface area contributed by atoms with Crippen LogP contribution in [0.1, 0.15) is 60.9 Å². The van der Waals surface area contributed by atoms with Crippen molar-refractivity contribution < 1.29 is 24.3 Å². The molecule has 1 unspecified atom stereocenters. The van der Waals surface area contributed by atoms with Crippen molar-refractivity contribution in [3.8, 4) is 0 Å². The number of rotatable bonds is 8. The molecular formula is C23H24N2O5. The highest BCUT2D eigenvalue weighted by molar-refractivity contribution is 6.27. The van der Waals surface area contributed by atoms with E-state index in [9.17, 15) is 19.2 Å². The number of carboxylic acid groups (broad SMARTS) is 1. The van der Waals surface area contributed by atoms with E-state index in [1.807, 2.05) is 24.3 Å². The molecule has 156 valence electrons. The Labute approximate surface area is 174 Å². The molecule has 0 radical (unpaired) electrons. The van der Waals surface area contributed by atoms with Gasteiger partial charge in [0.05, 0.1) is 5.69 Å². The zero-order chi connectivity index (χ0) is 21.3. The van der Waals surface area contributed by atoms with Gasteiger partial charge in [0.25, 0.3) is 5.91 Å². The maximum atomic E-state index is 13.1. The van der Waals surface area contributed by atoms with Gasteiger partial charge in [-0.05, 0) is 48.8 Å². The van der Waals surface area contributed by atoms with Gasteiger partial charge in [0, 0.05) is 23.8 Å². The van der Waals surface area contributed by atoms with Crippen LogP contribution in [0.3, 0.4) is 0 Å². The van der Waals surface area contributed by atoms with Crippen molar-refractivity contribution in [1.82, 2.24) is 5.32 Å². The number of unbranched alkanes of at least 4 members (excludes halogenated alkanes) is 3. The molecule has 2 aromatic carbocycles. The van der Waals surface area contributed by atoms with Crippen molar-refractivity contribution in [2.24, 2.45) is 0 Å². The topological polar surface area (TPSA) is 104 Å². The van der Waals surface area contributed by atoms with Crippen LogP contribution in [0, 0.1) is 0 Å². The zero-order valence-corrected chi connectivity index (χ0v) is 16.6. The molecule has 3 amide bonds. The first-order valence-electron chi connectivity index (χ1n) is 10.4. The van der Waals surface area contributed by atoms with Crippen LogP contribution in [0.4, 0.5) is 5.69 Å². The quantitative estimate of drug-likeness (QED) is 0.516. The average molecular weight is 408 g/mol. The number of hydrogen-bond donors (Lipinski definition) is 2. The molecule has 2 aliphatic heterocycles. The molecule has 2 heterocycles. The number of amides is 3. The van der Waals surface area contributed by atoms with Gasteiger partial charge in [0.1, 0.15) is 6.04 Å². The van der Waals surface area contributed by atoms with Crippen LogP contribution in [0.15, 0.2) is 30.3 Å². The Hall–Kier alpha value is -3.22. The number of piperidine rings is 1. The van der Waals surface area contributed by atoms with Gasteiger partial charge in [-0.15, -0.1) is 0 Å². The van der Waals surface area contributed by atoms with Gasteiger partial charge >= 0.3 is 5.97 Å². The fraction of sp³-hybridized carbons (Fsp3) is 0.391. The summed E-state index contributed by atoms with van der Waals surface area (Å²) in [6.07, 6.45) is 5.08. The number of aryl methyl sites for hydroxylation is 1. The standard InChI is InChI=1S/C23H24N2O5/c26-19-13-12-18(22(29)24-19)25-17-11-10-14(6-3-1-2-4-9-20(27)28)15-7-5-8-16(21(15)17)23(25)30/h5,7-8,10-11,18H,1-4,6,9,12-13H2,(H,27,28)(H,24,26,29). The van der Waals surface area contributed by atoms with Crippen molar-refractivity contribution >= 4 is 40.2 Å². The minimum Gasteiger partial charge on any atom is -0.481 e. The third-order valence-corrected chi connectivity index (χ3v) is 5.93. The summed E-state index contributed by atoms with van der Waals surface area (Å²) in [4.78, 5) is 49.1. The molecule has 1 fully saturated rings. The SMILES string of the molecule is O=C(O)CCCCCCc1ccc2c3c(cccc13)C(=O)N2C1CCC(=O)NC1=O. The summed E-state index contributed by atoms with van der Waals surface area (Å²) in [5.74, 6) is -1.68. The molecule has 0 saturated carbocycles. The number of nitrogens with zero attached hydrogens (tertiary/aromatic N) is 1. The molecule has 1 atom stereocenters. The van der Waals surface area contributed by atoms with Crippen LogP contribution in [0.2, 0.25) is 0 Å². The van der Waals surface area contributed by atoms with Gasteiger partial charge in [-0.3, -0.25) is 29.4 Å². The summed E-state index contributed by atoms with van der Waals surface area (Å²) in [6.45, 7) is 0. The van der Waals surface area contributed by atoms with Gasteiger partial charge in [0.15, 0.2) is 0 Å². The fourth-order valence-electron chi connectivity index (χ4n) is 4.47. The summed E-state index contributed by atoms with van der Waals surface area (Å²) < 4.78 is 0. The zero-order valence-electron chi connectivity index (χ0n) is 16.6. The number of hydrogen-bond acceptors (Lipinski definition) is 4. The van der Waals surface area contributed by atoms with Crippen molar-refractivity contribution in [2.75, 3.05) is 4.90 Å². The van der Waals surface area contributed by atoms with Crippen LogP contribution in [0.25, 0.3) is 10.8 Å². The van der Waals surface area contributed by atoms with E-state index < -0.39 is 17.9 Å². The third kappa shape index (κ3) is 3.67. The number of benzene rings is 2. The smallest absolute Gasteiger partial charge is 0.303 e. The molecule has 0 aliphatic carbocycles. The normalized spacial score (nSPS) is 18.2. The Morgan fingerprint density at radius 3 is 2.63 bits per heavy atom. The second kappa shape index (κ2) is 8.26. The molecule has 2 aromatic rings. The van der Waals surface area contributed by atoms with Crippen LogP contribution < -0.4 is 10.2 Å². The summed E-state index contributed by atoms with van der Waals surface area (Å²) in [5, 5.41) is 12.9. The lowest BCUT2D eigenvalue weighted by atomic mass is 9.96. The minimum absolute atomic E-state index is 0.198. The van der Waals surface area contributed by atoms with E-state index in [0.717, 1.165) is 47.7 Å². The lowest BCUT2D eigenvalue weighted by Crippen LogP contribution is -2.53. The molecule has 7 heteroatoms. The maximum absolute atomic E-state index is 13.1. The Morgan fingerprint density at radius 1 is 1.07 bits per heavy atom. The summed E-state index contributed by atoms with van der Waals surface area (Å²) in [6, 6.07) is 8.89. The molecule has 0 bridgehead atoms. The first-order valence-corrected chi connectivity index (χ1v) is 10.4. The second-order valence-corrected chi connectivity index (χ2v) is 7.92. The molecule has 30 heavy (non-hydrogen) atoms. The highest BCUT2D eigenvalue weighted by Gasteiger charge is 2.40. The number of anilines is 1. The molecule has 2 N–H and O–H groups in total. The summed E-state index contributed by atoms with van der Waals surface area (Å²) in [5.41, 5.74) is 2.47. The summed E-state index contributed by atoms with van der Waals surface area (Å²) >= 11 is 0. The number of carbonyl (C=O) groups excluding carboxylic acids is 3. The minimum atomic E-state index is -0.757. The van der Waals surface area contributed by atoms with E-state index in [4.69, 9.17) is 5.11 Å². The van der Waals surface area contributed by atoms with Crippen molar-refractivity contribution in [1.29, 1.82) is 0 Å². The predicted octanol–water partition coefficient (Wildman–Crippen LogP) is 3.18. The van der Waals surface area contributed by atoms with Crippen molar-refractivity contribution in [3.63, 3.8) is 0 Å². The number of aliphatic carboxylic acids is 1. The highest BCUT2D eigenvalue weighted by atomic mass is 16.4. The lowest BCUT2D eigenvalue weighted by Gasteiger charge is -2.30. The monoisotopic (exact) mass is 408 g/mol. The van der Waals surface area contributed by atoms with Gasteiger partial charge in [-0.1, -0.05) is 31.0 Å². The Kier molecular flexibility index (Phi) is 5.53. The second-order valence-electron chi connectivity index (χ2n) is 7.92. The van der Waals surface area contributed by atoms with E-state index in [1.54, 1.807) is 6.07 Å². The number of carbonyl (C=O) groups is 4. The average Bonchev–Trinajstić information content (AvgIpc) is 2.99. The number of nitrogens with one attached hydrogen (secondary N) is 1. The van der Waals surface area contributed by atoms with Crippen LogP contribution >= 0.6 is 0 Å². The summed E-state index contributed by atoms with van der Waals surface area (Å²) in [7, 11) is 0. The molecule has 7 nitrogen and oxygen atoms in total. The van der Waals surface area contributed by atoms with E-state index >= 15 is 0 Å². The van der Waals surface area contributed by atoms with Gasteiger partial charge in [0.2, 0.25) is 11.8 Å². The van der Waals surface area contributed by atoms with Crippen LogP contribution in [-0.2, 0) is 20.8 Å². The van der Waals surface area contributed by atoms with E-state index in [-0.39, 0.29) is 24.7 Å². The van der Waals surface area contributed by atoms with E-state index in [0.29, 0.717) is 18.4 Å². The van der Waals surface area contributed by atoms with Gasteiger partial charge < -0.3 is 5.11 Å². The highest BCUT2D eigenvalue weighted by Crippen LogP contribution is 2.41. The van der Waals surface area contributed by atoms with Crippen molar-refractivity contribution in [2.45, 2.75) is 57.4 Å². The first-order chi connectivity index (χ1) is 14.5. The van der Waals surface area contributed by atoms with Crippen LogP contribution in [0.5, 0.6) is 0 Å². The molecule has 0 aromatic heterocycles. The number of imide groups is 1. The van der Waals surface area contributed by atoms with Crippen LogP contribution in [-0.4, -0.2) is 34.8 Å². The molecule has 0 spiro atoms. The molecule has 4 rings (SSSR count). The Bertz CT molecular complexity index is 1050. The largest absolute Gasteiger partial charge is 0.481 e.